The van der Waals surface area contributed by atoms with Crippen LogP contribution in [0.5, 0.6) is 0 Å². The van der Waals surface area contributed by atoms with Crippen molar-refractivity contribution in [3.8, 4) is 0 Å². The number of rotatable bonds is 1. The minimum Gasteiger partial charge on any atom is -0.422 e. The van der Waals surface area contributed by atoms with E-state index in [2.05, 4.69) is 22.0 Å². The van der Waals surface area contributed by atoms with Crippen LogP contribution in [0.25, 0.3) is 0 Å². The monoisotopic (exact) mass is 238 g/mol. The Kier molecular flexibility index (Phi) is 2.19. The molecule has 66 valence electrons. The predicted molar refractivity (Wildman–Crippen MR) is 53.0 cm³/mol. The number of hydrogen-bond acceptors (Lipinski definition) is 2. The number of ether oxygens (including phenoxy) is 1. The van der Waals surface area contributed by atoms with Crippen LogP contribution >= 0.6 is 15.9 Å². The van der Waals surface area contributed by atoms with Crippen molar-refractivity contribution in [3.05, 3.63) is 46.2 Å². The lowest BCUT2D eigenvalue weighted by Crippen LogP contribution is -1.90. The van der Waals surface area contributed by atoms with Crippen LogP contribution in [-0.4, -0.2) is 5.97 Å². The number of hydrogen-bond donors (Lipinski definition) is 0. The first-order chi connectivity index (χ1) is 6.25. The molecule has 0 radical (unpaired) electrons. The third-order valence-electron chi connectivity index (χ3n) is 1.81. The summed E-state index contributed by atoms with van der Waals surface area (Å²) < 4.78 is 5.66. The zero-order valence-electron chi connectivity index (χ0n) is 6.79. The molecule has 13 heavy (non-hydrogen) atoms. The van der Waals surface area contributed by atoms with E-state index in [1.807, 2.05) is 18.2 Å². The lowest BCUT2D eigenvalue weighted by atomic mass is 10.2. The lowest BCUT2D eigenvalue weighted by molar-refractivity contribution is -0.132. The van der Waals surface area contributed by atoms with E-state index in [4.69, 9.17) is 4.74 Å². The molecule has 1 aliphatic carbocycles. The van der Waals surface area contributed by atoms with E-state index >= 15 is 0 Å². The summed E-state index contributed by atoms with van der Waals surface area (Å²) in [7, 11) is 0. The van der Waals surface area contributed by atoms with Crippen molar-refractivity contribution in [1.82, 2.24) is 0 Å². The molecule has 0 aromatic rings. The Hall–Kier alpha value is -1.09. The molecule has 0 spiro atoms. The first-order valence-electron chi connectivity index (χ1n) is 3.92. The van der Waals surface area contributed by atoms with E-state index in [1.54, 1.807) is 0 Å². The Morgan fingerprint density at radius 1 is 1.54 bits per heavy atom. The maximum Gasteiger partial charge on any atom is 0.337 e. The molecule has 0 unspecified atom stereocenters. The summed E-state index contributed by atoms with van der Waals surface area (Å²) in [5, 5.41) is 0. The van der Waals surface area contributed by atoms with Gasteiger partial charge < -0.3 is 4.74 Å². The number of carbonyl (C=O) groups excluding carboxylic acids is 1. The Bertz CT molecular complexity index is 372. The average molecular weight is 239 g/mol. The molecule has 1 aliphatic heterocycles. The highest BCUT2D eigenvalue weighted by Crippen LogP contribution is 2.27. The normalized spacial score (nSPS) is 23.5. The highest BCUT2D eigenvalue weighted by atomic mass is 79.9. The maximum absolute atomic E-state index is 10.8. The minimum atomic E-state index is -0.315. The van der Waals surface area contributed by atoms with E-state index in [0.717, 1.165) is 12.0 Å². The fraction of sp³-hybridized carbons (Fsp3) is 0.100. The van der Waals surface area contributed by atoms with Crippen molar-refractivity contribution in [2.24, 2.45) is 0 Å². The van der Waals surface area contributed by atoms with Gasteiger partial charge in [0.05, 0.1) is 4.48 Å². The quantitative estimate of drug-likeness (QED) is 0.657. The fourth-order valence-corrected chi connectivity index (χ4v) is 1.58. The molecule has 0 saturated heterocycles. The van der Waals surface area contributed by atoms with Gasteiger partial charge in [-0.15, -0.1) is 0 Å². The van der Waals surface area contributed by atoms with Gasteiger partial charge in [-0.2, -0.15) is 0 Å². The third-order valence-corrected chi connectivity index (χ3v) is 2.43. The number of allylic oxidation sites excluding steroid dienone is 6. The molecule has 0 N–H and O–H groups in total. The predicted octanol–water partition coefficient (Wildman–Crippen LogP) is 2.59. The Morgan fingerprint density at radius 2 is 2.38 bits per heavy atom. The molecular weight excluding hydrogens is 232 g/mol. The molecule has 0 saturated carbocycles. The summed E-state index contributed by atoms with van der Waals surface area (Å²) >= 11 is 3.25. The van der Waals surface area contributed by atoms with Crippen molar-refractivity contribution >= 4 is 21.9 Å². The van der Waals surface area contributed by atoms with Gasteiger partial charge in [0.1, 0.15) is 5.76 Å². The van der Waals surface area contributed by atoms with Gasteiger partial charge in [-0.05, 0) is 34.0 Å². The van der Waals surface area contributed by atoms with Crippen molar-refractivity contribution < 1.29 is 9.53 Å². The van der Waals surface area contributed by atoms with Crippen molar-refractivity contribution in [1.29, 1.82) is 0 Å². The molecule has 1 heterocycles. The second-order valence-electron chi connectivity index (χ2n) is 2.80. The van der Waals surface area contributed by atoms with Crippen LogP contribution in [0.4, 0.5) is 0 Å². The standard InChI is InChI=1S/C10H7BrO2/c11-8-6-10(12)13-9(8)5-7-3-1-2-4-7/h1-3,5-6H,4H2. The highest BCUT2D eigenvalue weighted by Gasteiger charge is 2.17. The topological polar surface area (TPSA) is 26.3 Å². The van der Waals surface area contributed by atoms with Gasteiger partial charge in [-0.3, -0.25) is 0 Å². The largest absolute Gasteiger partial charge is 0.422 e. The van der Waals surface area contributed by atoms with E-state index in [-0.39, 0.29) is 5.97 Å². The number of esters is 1. The first-order valence-corrected chi connectivity index (χ1v) is 4.72. The van der Waals surface area contributed by atoms with Crippen LogP contribution in [0.15, 0.2) is 46.2 Å². The van der Waals surface area contributed by atoms with E-state index < -0.39 is 0 Å². The van der Waals surface area contributed by atoms with Gasteiger partial charge in [0.25, 0.3) is 0 Å². The molecule has 0 aromatic heterocycles. The van der Waals surface area contributed by atoms with Crippen LogP contribution in [0.1, 0.15) is 6.42 Å². The van der Waals surface area contributed by atoms with Crippen molar-refractivity contribution in [3.63, 3.8) is 0 Å². The van der Waals surface area contributed by atoms with Crippen molar-refractivity contribution in [2.75, 3.05) is 0 Å². The highest BCUT2D eigenvalue weighted by molar-refractivity contribution is 9.12. The molecule has 2 rings (SSSR count). The minimum absolute atomic E-state index is 0.315. The van der Waals surface area contributed by atoms with Crippen LogP contribution in [-0.2, 0) is 9.53 Å². The fourth-order valence-electron chi connectivity index (χ4n) is 1.20. The van der Waals surface area contributed by atoms with Crippen LogP contribution in [0, 0.1) is 0 Å². The third kappa shape index (κ3) is 1.80. The summed E-state index contributed by atoms with van der Waals surface area (Å²) in [6.07, 6.45) is 10.2. The zero-order valence-corrected chi connectivity index (χ0v) is 8.37. The van der Waals surface area contributed by atoms with Gasteiger partial charge >= 0.3 is 5.97 Å². The van der Waals surface area contributed by atoms with Crippen LogP contribution in [0.2, 0.25) is 0 Å². The van der Waals surface area contributed by atoms with Crippen molar-refractivity contribution in [2.45, 2.75) is 6.42 Å². The first kappa shape index (κ1) is 8.51. The molecule has 0 amide bonds. The molecule has 0 aromatic carbocycles. The van der Waals surface area contributed by atoms with E-state index in [1.165, 1.54) is 6.08 Å². The molecule has 0 atom stereocenters. The van der Waals surface area contributed by atoms with Gasteiger partial charge in [-0.1, -0.05) is 18.2 Å². The maximum atomic E-state index is 10.8. The molecular formula is C10H7BrO2. The number of halogens is 1. The summed E-state index contributed by atoms with van der Waals surface area (Å²) in [6, 6.07) is 0. The Morgan fingerprint density at radius 3 is 2.92 bits per heavy atom. The molecule has 0 bridgehead atoms. The molecule has 2 aliphatic rings. The van der Waals surface area contributed by atoms with E-state index in [9.17, 15) is 4.79 Å². The van der Waals surface area contributed by atoms with Gasteiger partial charge in [0.15, 0.2) is 0 Å². The van der Waals surface area contributed by atoms with Crippen LogP contribution < -0.4 is 0 Å². The smallest absolute Gasteiger partial charge is 0.337 e. The van der Waals surface area contributed by atoms with Gasteiger partial charge in [0.2, 0.25) is 0 Å². The summed E-state index contributed by atoms with van der Waals surface area (Å²) in [5.74, 6) is 0.282. The van der Waals surface area contributed by atoms with E-state index in [0.29, 0.717) is 10.2 Å². The number of cyclic esters (lactones) is 1. The SMILES string of the molecule is O=C1C=C(Br)C(=CC2=CC=CC2)O1. The van der Waals surface area contributed by atoms with Crippen LogP contribution in [0.3, 0.4) is 0 Å². The Balaban J connectivity index is 2.18. The zero-order chi connectivity index (χ0) is 9.26. The second kappa shape index (κ2) is 3.34. The molecule has 3 heteroatoms. The summed E-state index contributed by atoms with van der Waals surface area (Å²) in [6.45, 7) is 0. The second-order valence-corrected chi connectivity index (χ2v) is 3.65. The molecule has 0 fully saturated rings. The lowest BCUT2D eigenvalue weighted by Gasteiger charge is -1.98. The van der Waals surface area contributed by atoms with Gasteiger partial charge in [-0.25, -0.2) is 4.79 Å². The summed E-state index contributed by atoms with van der Waals surface area (Å²) in [5.41, 5.74) is 1.15. The average Bonchev–Trinajstić information content (AvgIpc) is 2.63. The number of carbonyl (C=O) groups is 1. The van der Waals surface area contributed by atoms with Gasteiger partial charge in [0, 0.05) is 6.08 Å². The molecule has 2 nitrogen and oxygen atoms in total. The summed E-state index contributed by atoms with van der Waals surface area (Å²) in [4.78, 5) is 10.8. The Labute approximate surface area is 84.4 Å².